The van der Waals surface area contributed by atoms with Crippen molar-refractivity contribution in [3.05, 3.63) is 29.6 Å². The fraction of sp³-hybridized carbons (Fsp3) is 0.538. The molecule has 0 saturated carbocycles. The van der Waals surface area contributed by atoms with Gasteiger partial charge in [0.1, 0.15) is 0 Å². The van der Waals surface area contributed by atoms with Crippen molar-refractivity contribution in [2.45, 2.75) is 32.0 Å². The molecule has 0 aliphatic rings. The van der Waals surface area contributed by atoms with Gasteiger partial charge in [0.15, 0.2) is 11.6 Å². The van der Waals surface area contributed by atoms with Crippen LogP contribution in [-0.4, -0.2) is 31.5 Å². The molecule has 2 unspecified atom stereocenters. The van der Waals surface area contributed by atoms with E-state index in [0.717, 1.165) is 5.56 Å². The van der Waals surface area contributed by atoms with Crippen LogP contribution in [0, 0.1) is 5.82 Å². The number of halogens is 1. The average molecular weight is 242 g/mol. The van der Waals surface area contributed by atoms with Crippen LogP contribution in [-0.2, 0) is 11.2 Å². The summed E-state index contributed by atoms with van der Waals surface area (Å²) in [5.74, 6) is -0.189. The molecule has 0 aromatic heterocycles. The summed E-state index contributed by atoms with van der Waals surface area (Å²) in [5, 5.41) is 9.79. The molecule has 0 aliphatic carbocycles. The van der Waals surface area contributed by atoms with Gasteiger partial charge in [0.05, 0.1) is 19.3 Å². The minimum atomic E-state index is -0.530. The van der Waals surface area contributed by atoms with Crippen molar-refractivity contribution in [2.75, 3.05) is 14.2 Å². The minimum Gasteiger partial charge on any atom is -0.494 e. The molecule has 0 spiro atoms. The highest BCUT2D eigenvalue weighted by Gasteiger charge is 2.12. The third kappa shape index (κ3) is 4.32. The molecule has 0 saturated heterocycles. The van der Waals surface area contributed by atoms with E-state index in [2.05, 4.69) is 0 Å². The molecule has 1 N–H and O–H groups in total. The lowest BCUT2D eigenvalue weighted by Crippen LogP contribution is -2.19. The largest absolute Gasteiger partial charge is 0.494 e. The number of aliphatic hydroxyl groups is 1. The first kappa shape index (κ1) is 13.9. The molecule has 0 heterocycles. The van der Waals surface area contributed by atoms with Gasteiger partial charge in [-0.05, 0) is 37.5 Å². The smallest absolute Gasteiger partial charge is 0.165 e. The third-order valence-corrected chi connectivity index (χ3v) is 2.69. The van der Waals surface area contributed by atoms with Crippen molar-refractivity contribution in [3.8, 4) is 5.75 Å². The van der Waals surface area contributed by atoms with Crippen LogP contribution in [0.2, 0.25) is 0 Å². The minimum absolute atomic E-state index is 0.00639. The molecule has 0 aliphatic heterocycles. The highest BCUT2D eigenvalue weighted by atomic mass is 19.1. The number of rotatable bonds is 6. The second kappa shape index (κ2) is 6.57. The summed E-state index contributed by atoms with van der Waals surface area (Å²) in [6, 6.07) is 4.71. The number of aliphatic hydroxyl groups excluding tert-OH is 1. The highest BCUT2D eigenvalue weighted by Crippen LogP contribution is 2.19. The zero-order chi connectivity index (χ0) is 12.8. The van der Waals surface area contributed by atoms with Gasteiger partial charge in [-0.3, -0.25) is 0 Å². The van der Waals surface area contributed by atoms with Gasteiger partial charge in [-0.2, -0.15) is 0 Å². The predicted octanol–water partition coefficient (Wildman–Crippen LogP) is 2.16. The Bertz CT molecular complexity index is 355. The van der Waals surface area contributed by atoms with Crippen molar-refractivity contribution in [1.29, 1.82) is 0 Å². The topological polar surface area (TPSA) is 38.7 Å². The van der Waals surface area contributed by atoms with E-state index in [4.69, 9.17) is 9.47 Å². The average Bonchev–Trinajstić information content (AvgIpc) is 2.29. The molecule has 4 heteroatoms. The van der Waals surface area contributed by atoms with Crippen molar-refractivity contribution in [1.82, 2.24) is 0 Å². The standard InChI is InChI=1S/C13H19FO3/c1-9(16-2)6-11(15)7-10-4-5-13(17-3)12(14)8-10/h4-5,8-9,11,15H,6-7H2,1-3H3. The van der Waals surface area contributed by atoms with Crippen LogP contribution < -0.4 is 4.74 Å². The number of hydrogen-bond acceptors (Lipinski definition) is 3. The lowest BCUT2D eigenvalue weighted by molar-refractivity contribution is 0.0565. The third-order valence-electron chi connectivity index (χ3n) is 2.69. The maximum absolute atomic E-state index is 13.4. The van der Waals surface area contributed by atoms with E-state index in [1.807, 2.05) is 6.92 Å². The number of hydrogen-bond donors (Lipinski definition) is 1. The monoisotopic (exact) mass is 242 g/mol. The predicted molar refractivity (Wildman–Crippen MR) is 63.8 cm³/mol. The fourth-order valence-electron chi connectivity index (χ4n) is 1.67. The van der Waals surface area contributed by atoms with E-state index in [1.165, 1.54) is 13.2 Å². The summed E-state index contributed by atoms with van der Waals surface area (Å²) in [5.41, 5.74) is 0.749. The Hall–Kier alpha value is -1.13. The van der Waals surface area contributed by atoms with Crippen molar-refractivity contribution >= 4 is 0 Å². The van der Waals surface area contributed by atoms with Crippen molar-refractivity contribution in [2.24, 2.45) is 0 Å². The Kier molecular flexibility index (Phi) is 5.38. The molecular weight excluding hydrogens is 223 g/mol. The van der Waals surface area contributed by atoms with E-state index in [0.29, 0.717) is 12.8 Å². The second-order valence-electron chi connectivity index (χ2n) is 4.11. The van der Waals surface area contributed by atoms with Gasteiger partial charge in [-0.15, -0.1) is 0 Å². The van der Waals surface area contributed by atoms with E-state index in [-0.39, 0.29) is 11.9 Å². The quantitative estimate of drug-likeness (QED) is 0.830. The molecule has 1 aromatic rings. The summed E-state index contributed by atoms with van der Waals surface area (Å²) in [4.78, 5) is 0. The number of methoxy groups -OCH3 is 2. The lowest BCUT2D eigenvalue weighted by Gasteiger charge is -2.15. The summed E-state index contributed by atoms with van der Waals surface area (Å²) >= 11 is 0. The Balaban J connectivity index is 2.59. The molecule has 96 valence electrons. The first-order valence-corrected chi connectivity index (χ1v) is 5.60. The van der Waals surface area contributed by atoms with Gasteiger partial charge in [0.2, 0.25) is 0 Å². The van der Waals surface area contributed by atoms with Crippen LogP contribution in [0.5, 0.6) is 5.75 Å². The molecule has 0 bridgehead atoms. The Morgan fingerprint density at radius 2 is 2.06 bits per heavy atom. The van der Waals surface area contributed by atoms with Gasteiger partial charge < -0.3 is 14.6 Å². The lowest BCUT2D eigenvalue weighted by atomic mass is 10.0. The first-order valence-electron chi connectivity index (χ1n) is 5.60. The van der Waals surface area contributed by atoms with Crippen LogP contribution >= 0.6 is 0 Å². The maximum Gasteiger partial charge on any atom is 0.165 e. The van der Waals surface area contributed by atoms with Crippen molar-refractivity contribution in [3.63, 3.8) is 0 Å². The molecule has 1 rings (SSSR count). The van der Waals surface area contributed by atoms with Crippen LogP contribution in [0.4, 0.5) is 4.39 Å². The van der Waals surface area contributed by atoms with Gasteiger partial charge in [0, 0.05) is 7.11 Å². The van der Waals surface area contributed by atoms with Gasteiger partial charge in [-0.1, -0.05) is 6.07 Å². The molecule has 3 nitrogen and oxygen atoms in total. The molecule has 1 aromatic carbocycles. The first-order chi connectivity index (χ1) is 8.06. The van der Waals surface area contributed by atoms with E-state index >= 15 is 0 Å². The number of benzene rings is 1. The normalized spacial score (nSPS) is 14.4. The number of ether oxygens (including phenoxy) is 2. The van der Waals surface area contributed by atoms with Gasteiger partial charge in [-0.25, -0.2) is 4.39 Å². The van der Waals surface area contributed by atoms with Crippen LogP contribution in [0.15, 0.2) is 18.2 Å². The maximum atomic E-state index is 13.4. The molecule has 0 amide bonds. The van der Waals surface area contributed by atoms with Gasteiger partial charge >= 0.3 is 0 Å². The molecule has 2 atom stereocenters. The molecular formula is C13H19FO3. The SMILES string of the molecule is COc1ccc(CC(O)CC(C)OC)cc1F. The van der Waals surface area contributed by atoms with E-state index in [1.54, 1.807) is 19.2 Å². The van der Waals surface area contributed by atoms with E-state index in [9.17, 15) is 9.50 Å². The zero-order valence-corrected chi connectivity index (χ0v) is 10.4. The summed E-state index contributed by atoms with van der Waals surface area (Å²) in [6.45, 7) is 1.89. The molecule has 0 fully saturated rings. The zero-order valence-electron chi connectivity index (χ0n) is 10.4. The van der Waals surface area contributed by atoms with Gasteiger partial charge in [0.25, 0.3) is 0 Å². The van der Waals surface area contributed by atoms with Crippen LogP contribution in [0.1, 0.15) is 18.9 Å². The summed E-state index contributed by atoms with van der Waals surface area (Å²) in [6.07, 6.45) is 0.407. The Labute approximate surface area is 101 Å². The fourth-order valence-corrected chi connectivity index (χ4v) is 1.67. The van der Waals surface area contributed by atoms with Crippen molar-refractivity contribution < 1.29 is 19.0 Å². The second-order valence-corrected chi connectivity index (χ2v) is 4.11. The summed E-state index contributed by atoms with van der Waals surface area (Å²) in [7, 11) is 3.03. The van der Waals surface area contributed by atoms with Crippen LogP contribution in [0.25, 0.3) is 0 Å². The molecule has 17 heavy (non-hydrogen) atoms. The Morgan fingerprint density at radius 1 is 1.35 bits per heavy atom. The highest BCUT2D eigenvalue weighted by molar-refractivity contribution is 5.29. The Morgan fingerprint density at radius 3 is 2.59 bits per heavy atom. The van der Waals surface area contributed by atoms with E-state index < -0.39 is 11.9 Å². The summed E-state index contributed by atoms with van der Waals surface area (Å²) < 4.78 is 23.3. The van der Waals surface area contributed by atoms with Crippen LogP contribution in [0.3, 0.4) is 0 Å². The molecule has 0 radical (unpaired) electrons.